The predicted molar refractivity (Wildman–Crippen MR) is 109 cm³/mol. The van der Waals surface area contributed by atoms with Crippen molar-refractivity contribution >= 4 is 22.9 Å². The lowest BCUT2D eigenvalue weighted by atomic mass is 10.2. The first kappa shape index (κ1) is 18.9. The molecule has 0 aliphatic heterocycles. The fraction of sp³-hybridized carbons (Fsp3) is 0.238. The standard InChI is InChI=1S/C21H22N2O3S/c1-14(2)12-26-18-6-4-5-15(11-18)21-23-19(13-27-21)20(24)22-16-7-9-17(25-3)10-8-16/h4-11,13-14H,12H2,1-3H3,(H,22,24). The van der Waals surface area contributed by atoms with Gasteiger partial charge in [0.2, 0.25) is 0 Å². The van der Waals surface area contributed by atoms with Gasteiger partial charge in [0.05, 0.1) is 13.7 Å². The maximum atomic E-state index is 12.4. The predicted octanol–water partition coefficient (Wildman–Crippen LogP) is 5.11. The zero-order chi connectivity index (χ0) is 19.2. The van der Waals surface area contributed by atoms with Crippen molar-refractivity contribution in [3.63, 3.8) is 0 Å². The maximum absolute atomic E-state index is 12.4. The molecule has 1 aromatic heterocycles. The van der Waals surface area contributed by atoms with Crippen molar-refractivity contribution in [1.29, 1.82) is 0 Å². The molecule has 0 atom stereocenters. The van der Waals surface area contributed by atoms with E-state index >= 15 is 0 Å². The zero-order valence-corrected chi connectivity index (χ0v) is 16.4. The van der Waals surface area contributed by atoms with Crippen LogP contribution in [0, 0.1) is 5.92 Å². The van der Waals surface area contributed by atoms with Gasteiger partial charge in [-0.2, -0.15) is 0 Å². The van der Waals surface area contributed by atoms with Crippen molar-refractivity contribution < 1.29 is 14.3 Å². The number of carbonyl (C=O) groups excluding carboxylic acids is 1. The third kappa shape index (κ3) is 5.08. The quantitative estimate of drug-likeness (QED) is 0.617. The summed E-state index contributed by atoms with van der Waals surface area (Å²) >= 11 is 1.43. The molecule has 0 saturated heterocycles. The fourth-order valence-corrected chi connectivity index (χ4v) is 3.16. The summed E-state index contributed by atoms with van der Waals surface area (Å²) in [6.07, 6.45) is 0. The molecule has 0 radical (unpaired) electrons. The van der Waals surface area contributed by atoms with E-state index < -0.39 is 0 Å². The number of nitrogens with zero attached hydrogens (tertiary/aromatic N) is 1. The molecule has 0 unspecified atom stereocenters. The SMILES string of the molecule is COc1ccc(NC(=O)c2csc(-c3cccc(OCC(C)C)c3)n2)cc1. The molecule has 1 amide bonds. The van der Waals surface area contributed by atoms with Crippen molar-refractivity contribution in [2.45, 2.75) is 13.8 Å². The highest BCUT2D eigenvalue weighted by atomic mass is 32.1. The van der Waals surface area contributed by atoms with Gasteiger partial charge in [0.25, 0.3) is 5.91 Å². The smallest absolute Gasteiger partial charge is 0.275 e. The third-order valence-corrected chi connectivity index (χ3v) is 4.64. The summed E-state index contributed by atoms with van der Waals surface area (Å²) in [7, 11) is 1.60. The Morgan fingerprint density at radius 2 is 1.93 bits per heavy atom. The Kier molecular flexibility index (Phi) is 6.08. The highest BCUT2D eigenvalue weighted by molar-refractivity contribution is 7.13. The van der Waals surface area contributed by atoms with Gasteiger partial charge in [-0.25, -0.2) is 4.98 Å². The van der Waals surface area contributed by atoms with Crippen LogP contribution in [0.15, 0.2) is 53.9 Å². The summed E-state index contributed by atoms with van der Waals surface area (Å²) in [5, 5.41) is 5.39. The molecule has 0 aliphatic rings. The average Bonchev–Trinajstić information content (AvgIpc) is 3.18. The molecule has 27 heavy (non-hydrogen) atoms. The molecule has 3 aromatic rings. The number of thiazole rings is 1. The molecule has 140 valence electrons. The Bertz CT molecular complexity index is 904. The van der Waals surface area contributed by atoms with Crippen LogP contribution >= 0.6 is 11.3 Å². The number of anilines is 1. The van der Waals surface area contributed by atoms with Gasteiger partial charge >= 0.3 is 0 Å². The first-order valence-corrected chi connectivity index (χ1v) is 9.57. The summed E-state index contributed by atoms with van der Waals surface area (Å²) in [5.41, 5.74) is 2.02. The number of carbonyl (C=O) groups is 1. The minimum Gasteiger partial charge on any atom is -0.497 e. The number of hydrogen-bond acceptors (Lipinski definition) is 5. The summed E-state index contributed by atoms with van der Waals surface area (Å²) in [5.74, 6) is 1.76. The number of hydrogen-bond donors (Lipinski definition) is 1. The Labute approximate surface area is 163 Å². The Morgan fingerprint density at radius 1 is 1.15 bits per heavy atom. The minimum absolute atomic E-state index is 0.241. The van der Waals surface area contributed by atoms with Crippen LogP contribution in [0.1, 0.15) is 24.3 Å². The highest BCUT2D eigenvalue weighted by Gasteiger charge is 2.13. The first-order chi connectivity index (χ1) is 13.0. The minimum atomic E-state index is -0.241. The second-order valence-electron chi connectivity index (χ2n) is 6.45. The second kappa shape index (κ2) is 8.68. The number of aromatic nitrogens is 1. The van der Waals surface area contributed by atoms with Crippen molar-refractivity contribution in [2.24, 2.45) is 5.92 Å². The Balaban J connectivity index is 1.70. The van der Waals surface area contributed by atoms with Gasteiger partial charge < -0.3 is 14.8 Å². The monoisotopic (exact) mass is 382 g/mol. The van der Waals surface area contributed by atoms with E-state index in [1.54, 1.807) is 36.8 Å². The van der Waals surface area contributed by atoms with E-state index in [2.05, 4.69) is 24.1 Å². The summed E-state index contributed by atoms with van der Waals surface area (Å²) in [4.78, 5) is 16.9. The van der Waals surface area contributed by atoms with Crippen LogP contribution in [-0.2, 0) is 0 Å². The van der Waals surface area contributed by atoms with Crippen molar-refractivity contribution in [3.8, 4) is 22.1 Å². The van der Waals surface area contributed by atoms with Crippen LogP contribution in [-0.4, -0.2) is 24.6 Å². The molecule has 0 fully saturated rings. The molecule has 0 bridgehead atoms. The Hall–Kier alpha value is -2.86. The van der Waals surface area contributed by atoms with Crippen LogP contribution in [0.2, 0.25) is 0 Å². The molecule has 5 nitrogen and oxygen atoms in total. The lowest BCUT2D eigenvalue weighted by Gasteiger charge is -2.09. The topological polar surface area (TPSA) is 60.5 Å². The maximum Gasteiger partial charge on any atom is 0.275 e. The number of methoxy groups -OCH3 is 1. The van der Waals surface area contributed by atoms with Crippen LogP contribution in [0.5, 0.6) is 11.5 Å². The number of nitrogens with one attached hydrogen (secondary N) is 1. The van der Waals surface area contributed by atoms with Crippen LogP contribution in [0.25, 0.3) is 10.6 Å². The number of amides is 1. The van der Waals surface area contributed by atoms with Crippen molar-refractivity contribution in [2.75, 3.05) is 19.0 Å². The summed E-state index contributed by atoms with van der Waals surface area (Å²) < 4.78 is 10.9. The molecule has 3 rings (SSSR count). The number of benzene rings is 2. The van der Waals surface area contributed by atoms with E-state index in [1.165, 1.54) is 11.3 Å². The molecule has 6 heteroatoms. The van der Waals surface area contributed by atoms with E-state index in [1.807, 2.05) is 24.3 Å². The summed E-state index contributed by atoms with van der Waals surface area (Å²) in [6.45, 7) is 4.88. The lowest BCUT2D eigenvalue weighted by molar-refractivity contribution is 0.102. The summed E-state index contributed by atoms with van der Waals surface area (Å²) in [6, 6.07) is 15.0. The average molecular weight is 382 g/mol. The number of rotatable bonds is 7. The van der Waals surface area contributed by atoms with E-state index in [-0.39, 0.29) is 5.91 Å². The van der Waals surface area contributed by atoms with Gasteiger partial charge in [0.1, 0.15) is 22.2 Å². The van der Waals surface area contributed by atoms with Gasteiger partial charge in [-0.1, -0.05) is 26.0 Å². The molecule has 0 spiro atoms. The highest BCUT2D eigenvalue weighted by Crippen LogP contribution is 2.27. The normalized spacial score (nSPS) is 10.7. The van der Waals surface area contributed by atoms with Crippen LogP contribution in [0.3, 0.4) is 0 Å². The largest absolute Gasteiger partial charge is 0.497 e. The van der Waals surface area contributed by atoms with E-state index in [4.69, 9.17) is 9.47 Å². The van der Waals surface area contributed by atoms with Gasteiger partial charge in [-0.3, -0.25) is 4.79 Å². The zero-order valence-electron chi connectivity index (χ0n) is 15.6. The molecular formula is C21H22N2O3S. The van der Waals surface area contributed by atoms with E-state index in [0.717, 1.165) is 22.1 Å². The van der Waals surface area contributed by atoms with Crippen molar-refractivity contribution in [1.82, 2.24) is 4.98 Å². The van der Waals surface area contributed by atoms with Crippen LogP contribution < -0.4 is 14.8 Å². The molecule has 0 saturated carbocycles. The number of ether oxygens (including phenoxy) is 2. The Morgan fingerprint density at radius 3 is 2.63 bits per heavy atom. The second-order valence-corrected chi connectivity index (χ2v) is 7.31. The molecular weight excluding hydrogens is 360 g/mol. The molecule has 2 aromatic carbocycles. The fourth-order valence-electron chi connectivity index (χ4n) is 2.36. The molecule has 0 aliphatic carbocycles. The van der Waals surface area contributed by atoms with Gasteiger partial charge in [-0.15, -0.1) is 11.3 Å². The van der Waals surface area contributed by atoms with Crippen molar-refractivity contribution in [3.05, 3.63) is 59.6 Å². The van der Waals surface area contributed by atoms with E-state index in [0.29, 0.717) is 23.9 Å². The molecule has 1 heterocycles. The van der Waals surface area contributed by atoms with Gasteiger partial charge in [0, 0.05) is 16.6 Å². The third-order valence-electron chi connectivity index (χ3n) is 3.75. The molecule has 1 N–H and O–H groups in total. The van der Waals surface area contributed by atoms with Crippen LogP contribution in [0.4, 0.5) is 5.69 Å². The van der Waals surface area contributed by atoms with Gasteiger partial charge in [-0.05, 0) is 42.3 Å². The first-order valence-electron chi connectivity index (χ1n) is 8.69. The van der Waals surface area contributed by atoms with Gasteiger partial charge in [0.15, 0.2) is 0 Å². The lowest BCUT2D eigenvalue weighted by Crippen LogP contribution is -2.12. The van der Waals surface area contributed by atoms with E-state index in [9.17, 15) is 4.79 Å².